The fraction of sp³-hybridized carbons (Fsp3) is 0.500. The molecule has 32 heavy (non-hydrogen) atoms. The number of esters is 1. The van der Waals surface area contributed by atoms with Gasteiger partial charge in [0.05, 0.1) is 23.9 Å². The van der Waals surface area contributed by atoms with Gasteiger partial charge in [-0.05, 0) is 39.8 Å². The normalized spacial score (nSPS) is 18.3. The van der Waals surface area contributed by atoms with E-state index >= 15 is 0 Å². The number of fused-ring (bicyclic) bond motifs is 1. The van der Waals surface area contributed by atoms with E-state index in [9.17, 15) is 14.4 Å². The lowest BCUT2D eigenvalue weighted by atomic mass is 10.0. The van der Waals surface area contributed by atoms with Gasteiger partial charge in [0, 0.05) is 44.1 Å². The number of aromatic nitrogens is 2. The van der Waals surface area contributed by atoms with E-state index in [4.69, 9.17) is 4.74 Å². The van der Waals surface area contributed by atoms with Gasteiger partial charge in [-0.1, -0.05) is 17.7 Å². The van der Waals surface area contributed by atoms with Crippen LogP contribution in [0.4, 0.5) is 0 Å². The second-order valence-electron chi connectivity index (χ2n) is 8.79. The van der Waals surface area contributed by atoms with Gasteiger partial charge in [0.15, 0.2) is 5.69 Å². The van der Waals surface area contributed by atoms with E-state index in [1.54, 1.807) is 21.4 Å². The Hall–Kier alpha value is -3.16. The summed E-state index contributed by atoms with van der Waals surface area (Å²) in [7, 11) is 0. The van der Waals surface area contributed by atoms with E-state index in [1.807, 2.05) is 45.0 Å². The summed E-state index contributed by atoms with van der Waals surface area (Å²) >= 11 is 0. The molecule has 1 fully saturated rings. The van der Waals surface area contributed by atoms with Crippen molar-refractivity contribution < 1.29 is 19.1 Å². The maximum atomic E-state index is 13.2. The molecule has 0 saturated carbocycles. The Morgan fingerprint density at radius 3 is 2.56 bits per heavy atom. The Morgan fingerprint density at radius 2 is 1.94 bits per heavy atom. The molecule has 2 aliphatic rings. The predicted octanol–water partition coefficient (Wildman–Crippen LogP) is 2.50. The predicted molar refractivity (Wildman–Crippen MR) is 118 cm³/mol. The molecular weight excluding hydrogens is 408 g/mol. The summed E-state index contributed by atoms with van der Waals surface area (Å²) in [5.41, 5.74) is 3.92. The number of hydrogen-bond acceptors (Lipinski definition) is 5. The lowest BCUT2D eigenvalue weighted by Gasteiger charge is -2.30. The van der Waals surface area contributed by atoms with Crippen LogP contribution in [0.1, 0.15) is 54.5 Å². The number of hydrogen-bond donors (Lipinski definition) is 0. The minimum atomic E-state index is -0.481. The molecule has 8 heteroatoms. The molecule has 8 nitrogen and oxygen atoms in total. The summed E-state index contributed by atoms with van der Waals surface area (Å²) in [6, 6.07) is 8.03. The highest BCUT2D eigenvalue weighted by Gasteiger charge is 2.39. The SMILES string of the molecule is CCOC(=O)c1nn(-c2ccc(C)cc2)c2c1CN(C(=O)C1CC(=O)N(C(C)C)C1)CC2. The third kappa shape index (κ3) is 4.01. The summed E-state index contributed by atoms with van der Waals surface area (Å²) < 4.78 is 7.04. The average molecular weight is 439 g/mol. The summed E-state index contributed by atoms with van der Waals surface area (Å²) in [5, 5.41) is 4.59. The Labute approximate surface area is 188 Å². The van der Waals surface area contributed by atoms with Crippen LogP contribution in [-0.4, -0.2) is 63.1 Å². The van der Waals surface area contributed by atoms with Crippen LogP contribution in [0.15, 0.2) is 24.3 Å². The highest BCUT2D eigenvalue weighted by molar-refractivity contribution is 5.91. The molecule has 0 spiro atoms. The van der Waals surface area contributed by atoms with E-state index in [2.05, 4.69) is 5.10 Å². The van der Waals surface area contributed by atoms with Gasteiger partial charge in [-0.2, -0.15) is 5.10 Å². The Kier molecular flexibility index (Phi) is 6.04. The molecule has 0 N–H and O–H groups in total. The van der Waals surface area contributed by atoms with Gasteiger partial charge in [-0.3, -0.25) is 9.59 Å². The molecule has 1 aromatic carbocycles. The number of carbonyl (C=O) groups excluding carboxylic acids is 3. The van der Waals surface area contributed by atoms with Crippen molar-refractivity contribution in [2.24, 2.45) is 5.92 Å². The number of nitrogens with zero attached hydrogens (tertiary/aromatic N) is 4. The molecule has 1 saturated heterocycles. The van der Waals surface area contributed by atoms with Crippen molar-refractivity contribution in [3.63, 3.8) is 0 Å². The van der Waals surface area contributed by atoms with E-state index in [0.717, 1.165) is 22.5 Å². The fourth-order valence-corrected chi connectivity index (χ4v) is 4.52. The maximum absolute atomic E-state index is 13.2. The monoisotopic (exact) mass is 438 g/mol. The highest BCUT2D eigenvalue weighted by Crippen LogP contribution is 2.29. The van der Waals surface area contributed by atoms with Crippen LogP contribution in [0.3, 0.4) is 0 Å². The van der Waals surface area contributed by atoms with Crippen LogP contribution in [0.5, 0.6) is 0 Å². The number of benzene rings is 1. The zero-order chi connectivity index (χ0) is 23.0. The van der Waals surface area contributed by atoms with E-state index < -0.39 is 5.97 Å². The van der Waals surface area contributed by atoms with Gasteiger partial charge in [-0.15, -0.1) is 0 Å². The zero-order valence-electron chi connectivity index (χ0n) is 19.1. The summed E-state index contributed by atoms with van der Waals surface area (Å²) in [6.45, 7) is 9.22. The molecule has 1 aromatic heterocycles. The van der Waals surface area contributed by atoms with Gasteiger partial charge in [0.2, 0.25) is 11.8 Å². The molecule has 2 amide bonds. The van der Waals surface area contributed by atoms with E-state index in [0.29, 0.717) is 26.1 Å². The minimum Gasteiger partial charge on any atom is -0.461 e. The van der Waals surface area contributed by atoms with Crippen molar-refractivity contribution in [2.75, 3.05) is 19.7 Å². The lowest BCUT2D eigenvalue weighted by molar-refractivity contribution is -0.136. The van der Waals surface area contributed by atoms with Crippen molar-refractivity contribution in [3.8, 4) is 5.69 Å². The van der Waals surface area contributed by atoms with Gasteiger partial charge in [0.1, 0.15) is 0 Å². The quantitative estimate of drug-likeness (QED) is 0.670. The highest BCUT2D eigenvalue weighted by atomic mass is 16.5. The number of likely N-dealkylation sites (tertiary alicyclic amines) is 1. The van der Waals surface area contributed by atoms with Crippen LogP contribution < -0.4 is 0 Å². The molecule has 0 radical (unpaired) electrons. The number of carbonyl (C=O) groups is 3. The van der Waals surface area contributed by atoms with Gasteiger partial charge >= 0.3 is 5.97 Å². The lowest BCUT2D eigenvalue weighted by Crippen LogP contribution is -2.41. The second kappa shape index (κ2) is 8.76. The smallest absolute Gasteiger partial charge is 0.359 e. The van der Waals surface area contributed by atoms with Gasteiger partial charge < -0.3 is 14.5 Å². The van der Waals surface area contributed by atoms with Gasteiger partial charge in [-0.25, -0.2) is 9.48 Å². The standard InChI is InChI=1S/C24H30N4O4/c1-5-32-24(31)22-19-14-26(23(30)17-12-21(29)27(13-17)15(2)3)11-10-20(19)28(25-22)18-8-6-16(4)7-9-18/h6-9,15,17H,5,10-14H2,1-4H3. The summed E-state index contributed by atoms with van der Waals surface area (Å²) in [5.74, 6) is -0.837. The third-order valence-electron chi connectivity index (χ3n) is 6.25. The van der Waals surface area contributed by atoms with Crippen LogP contribution in [-0.2, 0) is 27.3 Å². The van der Waals surface area contributed by atoms with E-state index in [-0.39, 0.29) is 42.5 Å². The zero-order valence-corrected chi connectivity index (χ0v) is 19.1. The minimum absolute atomic E-state index is 0.0236. The molecule has 170 valence electrons. The first kappa shape index (κ1) is 22.0. The van der Waals surface area contributed by atoms with Crippen molar-refractivity contribution >= 4 is 17.8 Å². The number of aryl methyl sites for hydroxylation is 1. The first-order valence-corrected chi connectivity index (χ1v) is 11.2. The second-order valence-corrected chi connectivity index (χ2v) is 8.79. The molecule has 4 rings (SSSR count). The summed E-state index contributed by atoms with van der Waals surface area (Å²) in [4.78, 5) is 41.7. The Balaban J connectivity index is 1.63. The van der Waals surface area contributed by atoms with E-state index in [1.165, 1.54) is 0 Å². The summed E-state index contributed by atoms with van der Waals surface area (Å²) in [6.07, 6.45) is 0.823. The molecule has 1 atom stereocenters. The molecule has 0 aliphatic carbocycles. The van der Waals surface area contributed by atoms with Crippen LogP contribution in [0, 0.1) is 12.8 Å². The van der Waals surface area contributed by atoms with Crippen molar-refractivity contribution in [3.05, 3.63) is 46.8 Å². The largest absolute Gasteiger partial charge is 0.461 e. The van der Waals surface area contributed by atoms with Crippen molar-refractivity contribution in [2.45, 2.75) is 53.1 Å². The van der Waals surface area contributed by atoms with Crippen LogP contribution in [0.2, 0.25) is 0 Å². The molecular formula is C24H30N4O4. The van der Waals surface area contributed by atoms with Crippen molar-refractivity contribution in [1.29, 1.82) is 0 Å². The third-order valence-corrected chi connectivity index (χ3v) is 6.25. The topological polar surface area (TPSA) is 84.7 Å². The molecule has 2 aromatic rings. The first-order chi connectivity index (χ1) is 15.3. The maximum Gasteiger partial charge on any atom is 0.359 e. The Morgan fingerprint density at radius 1 is 1.22 bits per heavy atom. The van der Waals surface area contributed by atoms with Crippen LogP contribution in [0.25, 0.3) is 5.69 Å². The number of ether oxygens (including phenoxy) is 1. The molecule has 2 aliphatic heterocycles. The molecule has 3 heterocycles. The number of rotatable bonds is 5. The first-order valence-electron chi connectivity index (χ1n) is 11.2. The fourth-order valence-electron chi connectivity index (χ4n) is 4.52. The molecule has 1 unspecified atom stereocenters. The van der Waals surface area contributed by atoms with Crippen LogP contribution >= 0.6 is 0 Å². The Bertz CT molecular complexity index is 1040. The average Bonchev–Trinajstić information content (AvgIpc) is 3.34. The molecule has 0 bridgehead atoms. The van der Waals surface area contributed by atoms with Crippen molar-refractivity contribution in [1.82, 2.24) is 19.6 Å². The number of amides is 2. The van der Waals surface area contributed by atoms with Gasteiger partial charge in [0.25, 0.3) is 0 Å².